The molecule has 6 nitrogen and oxygen atoms in total. The number of likely N-dealkylation sites (tertiary alicyclic amines) is 1. The second-order valence-corrected chi connectivity index (χ2v) is 6.75. The molecule has 2 aromatic heterocycles. The zero-order valence-corrected chi connectivity index (χ0v) is 14.3. The number of aryl methyl sites for hydroxylation is 1. The third-order valence-electron chi connectivity index (χ3n) is 4.98. The van der Waals surface area contributed by atoms with Gasteiger partial charge in [-0.2, -0.15) is 5.10 Å². The predicted molar refractivity (Wildman–Crippen MR) is 96.8 cm³/mol. The number of benzene rings is 1. The van der Waals surface area contributed by atoms with Gasteiger partial charge in [0.2, 0.25) is 0 Å². The van der Waals surface area contributed by atoms with Gasteiger partial charge >= 0.3 is 0 Å². The summed E-state index contributed by atoms with van der Waals surface area (Å²) in [6, 6.07) is 9.73. The van der Waals surface area contributed by atoms with Crippen LogP contribution in [0.4, 0.5) is 5.69 Å². The van der Waals surface area contributed by atoms with Gasteiger partial charge in [-0.15, -0.1) is 0 Å². The van der Waals surface area contributed by atoms with Crippen LogP contribution in [0.2, 0.25) is 0 Å². The van der Waals surface area contributed by atoms with Gasteiger partial charge in [-0.25, -0.2) is 9.50 Å². The van der Waals surface area contributed by atoms with Crippen molar-refractivity contribution >= 4 is 11.3 Å². The van der Waals surface area contributed by atoms with E-state index in [1.165, 1.54) is 0 Å². The summed E-state index contributed by atoms with van der Waals surface area (Å²) in [5, 5.41) is 15.7. The van der Waals surface area contributed by atoms with Crippen LogP contribution in [0.1, 0.15) is 48.4 Å². The van der Waals surface area contributed by atoms with Gasteiger partial charge in [0, 0.05) is 36.3 Å². The van der Waals surface area contributed by atoms with E-state index >= 15 is 0 Å². The Bertz CT molecular complexity index is 857. The first-order chi connectivity index (χ1) is 12.1. The van der Waals surface area contributed by atoms with Crippen LogP contribution in [-0.2, 0) is 0 Å². The summed E-state index contributed by atoms with van der Waals surface area (Å²) in [6.45, 7) is 2.83. The Morgan fingerprint density at radius 1 is 1.28 bits per heavy atom. The van der Waals surface area contributed by atoms with E-state index in [2.05, 4.69) is 15.0 Å². The molecule has 6 heteroatoms. The van der Waals surface area contributed by atoms with E-state index < -0.39 is 6.23 Å². The molecular weight excluding hydrogens is 314 g/mol. The lowest BCUT2D eigenvalue weighted by Gasteiger charge is -2.38. The zero-order chi connectivity index (χ0) is 17.4. The molecule has 0 saturated carbocycles. The Kier molecular flexibility index (Phi) is 4.15. The SMILES string of the molecule is Cc1ccc(N)c(C(O)N2CCCCC2c2cc3ncccn3n2)c1. The molecule has 1 aromatic carbocycles. The fourth-order valence-corrected chi connectivity index (χ4v) is 3.67. The molecule has 0 bridgehead atoms. The fourth-order valence-electron chi connectivity index (χ4n) is 3.67. The first-order valence-electron chi connectivity index (χ1n) is 8.73. The highest BCUT2D eigenvalue weighted by atomic mass is 16.3. The van der Waals surface area contributed by atoms with Crippen molar-refractivity contribution in [2.75, 3.05) is 12.3 Å². The number of nitrogens with two attached hydrogens (primary N) is 1. The number of hydrogen-bond acceptors (Lipinski definition) is 5. The average molecular weight is 337 g/mol. The van der Waals surface area contributed by atoms with Crippen LogP contribution >= 0.6 is 0 Å². The Balaban J connectivity index is 1.70. The van der Waals surface area contributed by atoms with E-state index in [9.17, 15) is 5.11 Å². The largest absolute Gasteiger partial charge is 0.398 e. The molecule has 0 amide bonds. The van der Waals surface area contributed by atoms with Crippen LogP contribution in [0, 0.1) is 6.92 Å². The summed E-state index contributed by atoms with van der Waals surface area (Å²) in [5.41, 5.74) is 10.4. The lowest BCUT2D eigenvalue weighted by molar-refractivity contribution is -0.0451. The molecule has 130 valence electrons. The number of nitrogen functional groups attached to an aromatic ring is 1. The minimum Gasteiger partial charge on any atom is -0.398 e. The van der Waals surface area contributed by atoms with Crippen molar-refractivity contribution in [3.05, 3.63) is 59.5 Å². The zero-order valence-electron chi connectivity index (χ0n) is 14.3. The lowest BCUT2D eigenvalue weighted by atomic mass is 9.97. The molecule has 3 heterocycles. The van der Waals surface area contributed by atoms with Crippen molar-refractivity contribution in [3.63, 3.8) is 0 Å². The second kappa shape index (κ2) is 6.46. The van der Waals surface area contributed by atoms with Crippen molar-refractivity contribution < 1.29 is 5.11 Å². The monoisotopic (exact) mass is 337 g/mol. The smallest absolute Gasteiger partial charge is 0.155 e. The molecule has 1 aliphatic heterocycles. The van der Waals surface area contributed by atoms with Gasteiger partial charge in [0.05, 0.1) is 11.7 Å². The van der Waals surface area contributed by atoms with Crippen LogP contribution in [0.25, 0.3) is 5.65 Å². The maximum Gasteiger partial charge on any atom is 0.155 e. The summed E-state index contributed by atoms with van der Waals surface area (Å²) in [5.74, 6) is 0. The van der Waals surface area contributed by atoms with Gasteiger partial charge in [0.15, 0.2) is 5.65 Å². The third-order valence-corrected chi connectivity index (χ3v) is 4.98. The van der Waals surface area contributed by atoms with E-state index in [1.807, 2.05) is 43.5 Å². The first-order valence-corrected chi connectivity index (χ1v) is 8.73. The lowest BCUT2D eigenvalue weighted by Crippen LogP contribution is -2.37. The number of piperidine rings is 1. The van der Waals surface area contributed by atoms with E-state index in [-0.39, 0.29) is 6.04 Å². The van der Waals surface area contributed by atoms with Gasteiger partial charge in [0.1, 0.15) is 6.23 Å². The molecule has 3 aromatic rings. The van der Waals surface area contributed by atoms with Gasteiger partial charge in [-0.3, -0.25) is 4.90 Å². The highest BCUT2D eigenvalue weighted by Gasteiger charge is 2.32. The van der Waals surface area contributed by atoms with Gasteiger partial charge < -0.3 is 10.8 Å². The molecule has 2 unspecified atom stereocenters. The Morgan fingerprint density at radius 3 is 3.00 bits per heavy atom. The summed E-state index contributed by atoms with van der Waals surface area (Å²) in [6.07, 6.45) is 6.08. The van der Waals surface area contributed by atoms with Gasteiger partial charge in [-0.05, 0) is 31.9 Å². The van der Waals surface area contributed by atoms with E-state index in [4.69, 9.17) is 5.73 Å². The number of aliphatic hydroxyl groups excluding tert-OH is 1. The van der Waals surface area contributed by atoms with Crippen molar-refractivity contribution in [2.45, 2.75) is 38.5 Å². The predicted octanol–water partition coefficient (Wildman–Crippen LogP) is 2.84. The van der Waals surface area contributed by atoms with E-state index in [0.717, 1.165) is 48.3 Å². The first kappa shape index (κ1) is 16.1. The Labute approximate surface area is 146 Å². The molecular formula is C19H23N5O. The molecule has 1 fully saturated rings. The van der Waals surface area contributed by atoms with Crippen LogP contribution in [0.3, 0.4) is 0 Å². The van der Waals surface area contributed by atoms with Crippen molar-refractivity contribution in [1.29, 1.82) is 0 Å². The number of hydrogen-bond donors (Lipinski definition) is 2. The van der Waals surface area contributed by atoms with Crippen LogP contribution in [0.15, 0.2) is 42.7 Å². The Morgan fingerprint density at radius 2 is 2.16 bits per heavy atom. The third kappa shape index (κ3) is 2.99. The molecule has 0 spiro atoms. The van der Waals surface area contributed by atoms with Gasteiger partial charge in [0.25, 0.3) is 0 Å². The van der Waals surface area contributed by atoms with E-state index in [1.54, 1.807) is 10.7 Å². The topological polar surface area (TPSA) is 79.7 Å². The highest BCUT2D eigenvalue weighted by Crippen LogP contribution is 2.37. The number of aliphatic hydroxyl groups is 1. The van der Waals surface area contributed by atoms with Crippen LogP contribution < -0.4 is 5.73 Å². The van der Waals surface area contributed by atoms with Crippen LogP contribution in [-0.4, -0.2) is 31.1 Å². The minimum absolute atomic E-state index is 0.0605. The molecule has 4 rings (SSSR count). The molecule has 25 heavy (non-hydrogen) atoms. The summed E-state index contributed by atoms with van der Waals surface area (Å²) >= 11 is 0. The maximum atomic E-state index is 11.1. The molecule has 0 aliphatic carbocycles. The van der Waals surface area contributed by atoms with Crippen molar-refractivity contribution in [3.8, 4) is 0 Å². The molecule has 3 N–H and O–H groups in total. The molecule has 1 saturated heterocycles. The quantitative estimate of drug-likeness (QED) is 0.719. The van der Waals surface area contributed by atoms with E-state index in [0.29, 0.717) is 5.69 Å². The maximum absolute atomic E-state index is 11.1. The summed E-state index contributed by atoms with van der Waals surface area (Å²) in [4.78, 5) is 6.46. The van der Waals surface area contributed by atoms with Crippen LogP contribution in [0.5, 0.6) is 0 Å². The minimum atomic E-state index is -0.733. The fraction of sp³-hybridized carbons (Fsp3) is 0.368. The summed E-state index contributed by atoms with van der Waals surface area (Å²) < 4.78 is 1.79. The number of fused-ring (bicyclic) bond motifs is 1. The normalized spacial score (nSPS) is 20.0. The number of anilines is 1. The molecule has 1 aliphatic rings. The standard InChI is InChI=1S/C19H23N5O/c1-13-6-7-15(20)14(11-13)19(25)23-9-3-2-5-17(23)16-12-18-21-8-4-10-24(18)22-16/h4,6-8,10-12,17,19,25H,2-3,5,9,20H2,1H3. The highest BCUT2D eigenvalue weighted by molar-refractivity contribution is 5.49. The molecule has 0 radical (unpaired) electrons. The Hall–Kier alpha value is -2.44. The second-order valence-electron chi connectivity index (χ2n) is 6.75. The molecule has 2 atom stereocenters. The van der Waals surface area contributed by atoms with Gasteiger partial charge in [-0.1, -0.05) is 24.1 Å². The number of aromatic nitrogens is 3. The van der Waals surface area contributed by atoms with Crippen molar-refractivity contribution in [2.24, 2.45) is 0 Å². The average Bonchev–Trinajstić information content (AvgIpc) is 3.07. The summed E-state index contributed by atoms with van der Waals surface area (Å²) in [7, 11) is 0. The number of nitrogens with zero attached hydrogens (tertiary/aromatic N) is 4. The number of rotatable bonds is 3. The van der Waals surface area contributed by atoms with Crippen molar-refractivity contribution in [1.82, 2.24) is 19.5 Å².